The summed E-state index contributed by atoms with van der Waals surface area (Å²) in [6.45, 7) is 1.86. The highest BCUT2D eigenvalue weighted by molar-refractivity contribution is 8.00. The second kappa shape index (κ2) is 7.39. The van der Waals surface area contributed by atoms with Crippen LogP contribution in [-0.4, -0.2) is 21.1 Å². The molecule has 0 aliphatic carbocycles. The summed E-state index contributed by atoms with van der Waals surface area (Å²) in [5.74, 6) is 6.72. The zero-order chi connectivity index (χ0) is 14.4. The van der Waals surface area contributed by atoms with Gasteiger partial charge in [-0.1, -0.05) is 23.6 Å². The van der Waals surface area contributed by atoms with Crippen molar-refractivity contribution in [1.29, 1.82) is 0 Å². The Bertz CT molecular complexity index is 646. The SMILES string of the molecule is Cc1nsc(SCc2cc(F)cc(C#CCCO)c2)n1. The molecule has 6 heteroatoms. The van der Waals surface area contributed by atoms with Crippen molar-refractivity contribution in [1.82, 2.24) is 9.36 Å². The van der Waals surface area contributed by atoms with Crippen LogP contribution in [0, 0.1) is 24.6 Å². The van der Waals surface area contributed by atoms with Gasteiger partial charge in [-0.05, 0) is 42.2 Å². The Balaban J connectivity index is 2.06. The van der Waals surface area contributed by atoms with Gasteiger partial charge in [0, 0.05) is 17.7 Å². The smallest absolute Gasteiger partial charge is 0.170 e. The summed E-state index contributed by atoms with van der Waals surface area (Å²) >= 11 is 2.88. The van der Waals surface area contributed by atoms with E-state index in [9.17, 15) is 4.39 Å². The third-order valence-corrected chi connectivity index (χ3v) is 4.29. The predicted molar refractivity (Wildman–Crippen MR) is 79.2 cm³/mol. The molecule has 1 heterocycles. The number of nitrogens with zero attached hydrogens (tertiary/aromatic N) is 2. The lowest BCUT2D eigenvalue weighted by Crippen LogP contribution is -1.87. The number of thioether (sulfide) groups is 1. The number of hydrogen-bond donors (Lipinski definition) is 1. The van der Waals surface area contributed by atoms with Crippen LogP contribution >= 0.6 is 23.3 Å². The monoisotopic (exact) mass is 308 g/mol. The maximum absolute atomic E-state index is 13.5. The predicted octanol–water partition coefficient (Wildman–Crippen LogP) is 3.01. The average Bonchev–Trinajstić information content (AvgIpc) is 2.82. The fraction of sp³-hybridized carbons (Fsp3) is 0.286. The summed E-state index contributed by atoms with van der Waals surface area (Å²) in [6.07, 6.45) is 0.394. The van der Waals surface area contributed by atoms with Crippen molar-refractivity contribution in [2.24, 2.45) is 0 Å². The van der Waals surface area contributed by atoms with E-state index < -0.39 is 0 Å². The summed E-state index contributed by atoms with van der Waals surface area (Å²) < 4.78 is 18.5. The highest BCUT2D eigenvalue weighted by atomic mass is 32.2. The van der Waals surface area contributed by atoms with Crippen LogP contribution < -0.4 is 0 Å². The molecule has 0 spiro atoms. The van der Waals surface area contributed by atoms with E-state index >= 15 is 0 Å². The molecule has 0 saturated carbocycles. The van der Waals surface area contributed by atoms with E-state index in [1.807, 2.05) is 13.0 Å². The van der Waals surface area contributed by atoms with Gasteiger partial charge in [0.15, 0.2) is 4.34 Å². The van der Waals surface area contributed by atoms with Crippen molar-refractivity contribution in [2.75, 3.05) is 6.61 Å². The minimum Gasteiger partial charge on any atom is -0.395 e. The van der Waals surface area contributed by atoms with Gasteiger partial charge in [-0.3, -0.25) is 0 Å². The maximum Gasteiger partial charge on any atom is 0.170 e. The third-order valence-electron chi connectivity index (χ3n) is 2.30. The lowest BCUT2D eigenvalue weighted by Gasteiger charge is -2.01. The summed E-state index contributed by atoms with van der Waals surface area (Å²) in [6, 6.07) is 4.75. The molecule has 0 aliphatic heterocycles. The Morgan fingerprint density at radius 1 is 1.40 bits per heavy atom. The summed E-state index contributed by atoms with van der Waals surface area (Å²) in [4.78, 5) is 4.25. The van der Waals surface area contributed by atoms with Gasteiger partial charge >= 0.3 is 0 Å². The fourth-order valence-electron chi connectivity index (χ4n) is 1.51. The largest absolute Gasteiger partial charge is 0.395 e. The zero-order valence-corrected chi connectivity index (χ0v) is 12.5. The molecule has 3 nitrogen and oxygen atoms in total. The van der Waals surface area contributed by atoms with Crippen molar-refractivity contribution in [3.63, 3.8) is 0 Å². The number of aromatic nitrogens is 2. The number of halogens is 1. The highest BCUT2D eigenvalue weighted by Gasteiger charge is 2.04. The van der Waals surface area contributed by atoms with Crippen molar-refractivity contribution in [2.45, 2.75) is 23.4 Å². The Labute approximate surface area is 125 Å². The molecule has 20 heavy (non-hydrogen) atoms. The van der Waals surface area contributed by atoms with Gasteiger partial charge in [0.05, 0.1) is 6.61 Å². The molecule has 1 aromatic carbocycles. The van der Waals surface area contributed by atoms with Crippen molar-refractivity contribution >= 4 is 23.3 Å². The van der Waals surface area contributed by atoms with E-state index in [1.54, 1.807) is 0 Å². The first-order valence-electron chi connectivity index (χ1n) is 5.99. The summed E-state index contributed by atoms with van der Waals surface area (Å²) in [7, 11) is 0. The molecule has 0 aliphatic rings. The zero-order valence-electron chi connectivity index (χ0n) is 10.9. The molecule has 104 valence electrons. The molecular weight excluding hydrogens is 295 g/mol. The quantitative estimate of drug-likeness (QED) is 0.696. The molecule has 0 radical (unpaired) electrons. The third kappa shape index (κ3) is 4.60. The minimum absolute atomic E-state index is 0.0153. The first kappa shape index (κ1) is 15.0. The van der Waals surface area contributed by atoms with Crippen molar-refractivity contribution in [3.8, 4) is 11.8 Å². The molecular formula is C14H13FN2OS2. The Kier molecular flexibility index (Phi) is 5.53. The number of aliphatic hydroxyl groups is 1. The molecule has 2 rings (SSSR count). The van der Waals surface area contributed by atoms with Crippen LogP contribution in [0.15, 0.2) is 22.5 Å². The fourth-order valence-corrected chi connectivity index (χ4v) is 3.08. The number of aryl methyl sites for hydroxylation is 1. The van der Waals surface area contributed by atoms with E-state index in [0.29, 0.717) is 17.7 Å². The number of rotatable bonds is 4. The van der Waals surface area contributed by atoms with Crippen LogP contribution in [0.3, 0.4) is 0 Å². The van der Waals surface area contributed by atoms with Gasteiger partial charge in [-0.25, -0.2) is 9.37 Å². The molecule has 1 N–H and O–H groups in total. The first-order valence-corrected chi connectivity index (χ1v) is 7.75. The average molecular weight is 308 g/mol. The molecule has 1 aromatic heterocycles. The lowest BCUT2D eigenvalue weighted by atomic mass is 10.1. The van der Waals surface area contributed by atoms with Gasteiger partial charge in [-0.2, -0.15) is 4.37 Å². The van der Waals surface area contributed by atoms with Crippen LogP contribution in [0.5, 0.6) is 0 Å². The Hall–Kier alpha value is -1.42. The molecule has 0 unspecified atom stereocenters. The van der Waals surface area contributed by atoms with Crippen molar-refractivity contribution in [3.05, 3.63) is 41.0 Å². The van der Waals surface area contributed by atoms with E-state index in [0.717, 1.165) is 15.7 Å². The Morgan fingerprint density at radius 3 is 2.95 bits per heavy atom. The lowest BCUT2D eigenvalue weighted by molar-refractivity contribution is 0.305. The normalized spacial score (nSPS) is 10.2. The summed E-state index contributed by atoms with van der Waals surface area (Å²) in [5.41, 5.74) is 1.48. The molecule has 2 aromatic rings. The van der Waals surface area contributed by atoms with E-state index in [2.05, 4.69) is 21.2 Å². The summed E-state index contributed by atoms with van der Waals surface area (Å²) in [5, 5.41) is 8.67. The molecule has 0 fully saturated rings. The van der Waals surface area contributed by atoms with Gasteiger partial charge in [0.25, 0.3) is 0 Å². The van der Waals surface area contributed by atoms with Crippen LogP contribution in [0.25, 0.3) is 0 Å². The van der Waals surface area contributed by atoms with Gasteiger partial charge in [0.1, 0.15) is 11.6 Å². The highest BCUT2D eigenvalue weighted by Crippen LogP contribution is 2.25. The molecule has 0 amide bonds. The Morgan fingerprint density at radius 2 is 2.25 bits per heavy atom. The maximum atomic E-state index is 13.5. The van der Waals surface area contributed by atoms with Crippen LogP contribution in [0.2, 0.25) is 0 Å². The molecule has 0 bridgehead atoms. The van der Waals surface area contributed by atoms with Crippen LogP contribution in [0.4, 0.5) is 4.39 Å². The van der Waals surface area contributed by atoms with E-state index in [-0.39, 0.29) is 12.4 Å². The number of aliphatic hydroxyl groups excluding tert-OH is 1. The van der Waals surface area contributed by atoms with Crippen molar-refractivity contribution < 1.29 is 9.50 Å². The van der Waals surface area contributed by atoms with E-state index in [4.69, 9.17) is 5.11 Å². The first-order chi connectivity index (χ1) is 9.67. The number of hydrogen-bond acceptors (Lipinski definition) is 5. The topological polar surface area (TPSA) is 46.0 Å². The van der Waals surface area contributed by atoms with Crippen LogP contribution in [0.1, 0.15) is 23.4 Å². The molecule has 0 atom stereocenters. The van der Waals surface area contributed by atoms with E-state index in [1.165, 1.54) is 35.4 Å². The van der Waals surface area contributed by atoms with Crippen LogP contribution in [-0.2, 0) is 5.75 Å². The van der Waals surface area contributed by atoms with Gasteiger partial charge in [0.2, 0.25) is 0 Å². The van der Waals surface area contributed by atoms with Gasteiger partial charge in [-0.15, -0.1) is 0 Å². The standard InChI is InChI=1S/C14H13FN2OS2/c1-10-16-14(20-17-10)19-9-12-6-11(4-2-3-5-18)7-13(15)8-12/h6-8,18H,3,5,9H2,1H3. The second-order valence-electron chi connectivity index (χ2n) is 4.02. The van der Waals surface area contributed by atoms with Gasteiger partial charge < -0.3 is 5.11 Å². The number of benzene rings is 1. The minimum atomic E-state index is -0.301. The molecule has 0 saturated heterocycles. The second-order valence-corrected chi connectivity index (χ2v) is 5.99.